The van der Waals surface area contributed by atoms with E-state index in [1.807, 2.05) is 6.92 Å². The molecule has 0 aliphatic rings. The van der Waals surface area contributed by atoms with E-state index in [9.17, 15) is 14.5 Å². The first-order valence-corrected chi connectivity index (χ1v) is 6.47. The van der Waals surface area contributed by atoms with Gasteiger partial charge in [-0.15, -0.1) is 0 Å². The molecule has 0 atom stereocenters. The van der Waals surface area contributed by atoms with Crippen LogP contribution in [0.15, 0.2) is 36.4 Å². The maximum absolute atomic E-state index is 13.8. The summed E-state index contributed by atoms with van der Waals surface area (Å²) in [5.41, 5.74) is -0.741. The number of rotatable bonds is 6. The lowest BCUT2D eigenvalue weighted by atomic mass is 10.2. The summed E-state index contributed by atoms with van der Waals surface area (Å²) in [5.74, 6) is -0.166. The summed E-state index contributed by atoms with van der Waals surface area (Å²) < 4.78 is 29.4. The maximum Gasteiger partial charge on any atom is 0.347 e. The van der Waals surface area contributed by atoms with Crippen LogP contribution in [0.25, 0.3) is 0 Å². The van der Waals surface area contributed by atoms with Gasteiger partial charge in [0.2, 0.25) is 11.6 Å². The van der Waals surface area contributed by atoms with Crippen LogP contribution in [0.1, 0.15) is 6.92 Å². The second kappa shape index (κ2) is 6.75. The smallest absolute Gasteiger partial charge is 0.347 e. The second-order valence-corrected chi connectivity index (χ2v) is 4.22. The van der Waals surface area contributed by atoms with Crippen molar-refractivity contribution in [3.05, 3.63) is 52.3 Å². The van der Waals surface area contributed by atoms with Crippen molar-refractivity contribution >= 4 is 5.69 Å². The van der Waals surface area contributed by atoms with Crippen LogP contribution in [-0.4, -0.2) is 18.6 Å². The van der Waals surface area contributed by atoms with E-state index < -0.39 is 16.4 Å². The SMILES string of the molecule is CCOc1ccc(Oc2cc(OC)cc(F)c2[N+](=O)[O-])cc1. The van der Waals surface area contributed by atoms with Gasteiger partial charge in [-0.25, -0.2) is 0 Å². The molecule has 0 bridgehead atoms. The molecule has 6 nitrogen and oxygen atoms in total. The molecule has 0 aliphatic heterocycles. The third-order valence-corrected chi connectivity index (χ3v) is 2.78. The lowest BCUT2D eigenvalue weighted by molar-refractivity contribution is -0.388. The summed E-state index contributed by atoms with van der Waals surface area (Å²) in [5, 5.41) is 11.0. The van der Waals surface area contributed by atoms with Gasteiger partial charge in [-0.1, -0.05) is 0 Å². The van der Waals surface area contributed by atoms with Crippen LogP contribution >= 0.6 is 0 Å². The Morgan fingerprint density at radius 2 is 1.77 bits per heavy atom. The van der Waals surface area contributed by atoms with Gasteiger partial charge in [-0.05, 0) is 31.2 Å². The van der Waals surface area contributed by atoms with Crippen LogP contribution in [0.3, 0.4) is 0 Å². The highest BCUT2D eigenvalue weighted by Gasteiger charge is 2.24. The van der Waals surface area contributed by atoms with Crippen molar-refractivity contribution in [2.45, 2.75) is 6.92 Å². The maximum atomic E-state index is 13.8. The number of hydrogen-bond donors (Lipinski definition) is 0. The topological polar surface area (TPSA) is 70.8 Å². The minimum Gasteiger partial charge on any atom is -0.497 e. The van der Waals surface area contributed by atoms with Crippen molar-refractivity contribution in [2.75, 3.05) is 13.7 Å². The molecule has 0 unspecified atom stereocenters. The predicted molar refractivity (Wildman–Crippen MR) is 77.3 cm³/mol. The molecule has 0 spiro atoms. The molecule has 2 rings (SSSR count). The quantitative estimate of drug-likeness (QED) is 0.597. The Labute approximate surface area is 126 Å². The Morgan fingerprint density at radius 1 is 1.14 bits per heavy atom. The largest absolute Gasteiger partial charge is 0.497 e. The van der Waals surface area contributed by atoms with Crippen LogP contribution < -0.4 is 14.2 Å². The van der Waals surface area contributed by atoms with Gasteiger partial charge >= 0.3 is 5.69 Å². The molecule has 0 amide bonds. The fourth-order valence-electron chi connectivity index (χ4n) is 1.82. The van der Waals surface area contributed by atoms with Crippen LogP contribution in [0.2, 0.25) is 0 Å². The Morgan fingerprint density at radius 3 is 2.32 bits per heavy atom. The summed E-state index contributed by atoms with van der Waals surface area (Å²) in [6, 6.07) is 8.65. The van der Waals surface area contributed by atoms with Gasteiger partial charge in [0.1, 0.15) is 17.2 Å². The molecule has 0 saturated carbocycles. The first kappa shape index (κ1) is 15.6. The van der Waals surface area contributed by atoms with Gasteiger partial charge in [0.15, 0.2) is 0 Å². The van der Waals surface area contributed by atoms with Crippen LogP contribution in [0, 0.1) is 15.9 Å². The summed E-state index contributed by atoms with van der Waals surface area (Å²) in [6.07, 6.45) is 0. The monoisotopic (exact) mass is 307 g/mol. The zero-order valence-corrected chi connectivity index (χ0v) is 12.0. The van der Waals surface area contributed by atoms with Gasteiger partial charge in [-0.2, -0.15) is 4.39 Å². The van der Waals surface area contributed by atoms with E-state index in [0.717, 1.165) is 6.07 Å². The van der Waals surface area contributed by atoms with Crippen LogP contribution in [0.4, 0.5) is 10.1 Å². The number of nitro groups is 1. The molecule has 22 heavy (non-hydrogen) atoms. The normalized spacial score (nSPS) is 10.1. The Hall–Kier alpha value is -2.83. The first-order valence-electron chi connectivity index (χ1n) is 6.47. The van der Waals surface area contributed by atoms with Gasteiger partial charge < -0.3 is 14.2 Å². The minimum absolute atomic E-state index is 0.129. The summed E-state index contributed by atoms with van der Waals surface area (Å²) >= 11 is 0. The van der Waals surface area contributed by atoms with E-state index in [-0.39, 0.29) is 11.5 Å². The number of nitro benzene ring substituents is 1. The van der Waals surface area contributed by atoms with E-state index in [2.05, 4.69) is 0 Å². The predicted octanol–water partition coefficient (Wildman–Crippen LogP) is 3.93. The van der Waals surface area contributed by atoms with Crippen molar-refractivity contribution < 1.29 is 23.5 Å². The Bertz CT molecular complexity index is 672. The molecule has 0 aromatic heterocycles. The van der Waals surface area contributed by atoms with Crippen molar-refractivity contribution in [3.63, 3.8) is 0 Å². The van der Waals surface area contributed by atoms with E-state index in [1.165, 1.54) is 13.2 Å². The Balaban J connectivity index is 2.34. The standard InChI is InChI=1S/C15H14FNO5/c1-3-21-10-4-6-11(7-5-10)22-14-9-12(20-2)8-13(16)15(14)17(18)19/h4-9H,3H2,1-2H3. The molecule has 0 fully saturated rings. The zero-order valence-electron chi connectivity index (χ0n) is 12.0. The van der Waals surface area contributed by atoms with Crippen molar-refractivity contribution in [1.29, 1.82) is 0 Å². The first-order chi connectivity index (χ1) is 10.5. The highest BCUT2D eigenvalue weighted by atomic mass is 19.1. The molecule has 2 aromatic carbocycles. The molecule has 0 radical (unpaired) electrons. The fourth-order valence-corrected chi connectivity index (χ4v) is 1.82. The average molecular weight is 307 g/mol. The number of halogens is 1. The summed E-state index contributed by atoms with van der Waals surface area (Å²) in [7, 11) is 1.33. The van der Waals surface area contributed by atoms with Crippen molar-refractivity contribution in [2.24, 2.45) is 0 Å². The van der Waals surface area contributed by atoms with Crippen molar-refractivity contribution in [1.82, 2.24) is 0 Å². The molecule has 2 aromatic rings. The number of nitrogens with zero attached hydrogens (tertiary/aromatic N) is 1. The highest BCUT2D eigenvalue weighted by Crippen LogP contribution is 2.37. The van der Waals surface area contributed by atoms with E-state index in [4.69, 9.17) is 14.2 Å². The molecule has 0 N–H and O–H groups in total. The third kappa shape index (κ3) is 3.43. The van der Waals surface area contributed by atoms with E-state index >= 15 is 0 Å². The molecule has 0 aliphatic carbocycles. The van der Waals surface area contributed by atoms with Gasteiger partial charge in [-0.3, -0.25) is 10.1 Å². The molecule has 7 heteroatoms. The molecular weight excluding hydrogens is 293 g/mol. The average Bonchev–Trinajstić information content (AvgIpc) is 2.48. The fraction of sp³-hybridized carbons (Fsp3) is 0.200. The number of methoxy groups -OCH3 is 1. The summed E-state index contributed by atoms with van der Waals surface area (Å²) in [4.78, 5) is 10.2. The second-order valence-electron chi connectivity index (χ2n) is 4.22. The van der Waals surface area contributed by atoms with Gasteiger partial charge in [0.25, 0.3) is 0 Å². The Kier molecular flexibility index (Phi) is 4.77. The van der Waals surface area contributed by atoms with Crippen molar-refractivity contribution in [3.8, 4) is 23.0 Å². The van der Waals surface area contributed by atoms with E-state index in [1.54, 1.807) is 24.3 Å². The zero-order chi connectivity index (χ0) is 16.1. The highest BCUT2D eigenvalue weighted by molar-refractivity contribution is 5.53. The lowest BCUT2D eigenvalue weighted by Crippen LogP contribution is -1.98. The van der Waals surface area contributed by atoms with E-state index in [0.29, 0.717) is 18.1 Å². The summed E-state index contributed by atoms with van der Waals surface area (Å²) in [6.45, 7) is 2.37. The molecular formula is C15H14FNO5. The number of ether oxygens (including phenoxy) is 3. The van der Waals surface area contributed by atoms with Gasteiger partial charge in [0.05, 0.1) is 18.6 Å². The number of benzene rings is 2. The lowest BCUT2D eigenvalue weighted by Gasteiger charge is -2.09. The molecule has 0 saturated heterocycles. The van der Waals surface area contributed by atoms with Crippen LogP contribution in [0.5, 0.6) is 23.0 Å². The van der Waals surface area contributed by atoms with Gasteiger partial charge in [0, 0.05) is 12.1 Å². The van der Waals surface area contributed by atoms with Crippen LogP contribution in [-0.2, 0) is 0 Å². The molecule has 116 valence electrons. The number of hydrogen-bond acceptors (Lipinski definition) is 5. The third-order valence-electron chi connectivity index (χ3n) is 2.78. The minimum atomic E-state index is -1.02. The molecule has 0 heterocycles.